The number of halogens is 1. The van der Waals surface area contributed by atoms with Crippen molar-refractivity contribution < 1.29 is 4.92 Å². The number of nitro groups is 1. The maximum Gasteiger partial charge on any atom is 0.302 e. The highest BCUT2D eigenvalue weighted by Gasteiger charge is 2.19. The van der Waals surface area contributed by atoms with Crippen LogP contribution in [0.2, 0.25) is 0 Å². The Labute approximate surface area is 125 Å². The number of fused-ring (bicyclic) bond motifs is 1. The fraction of sp³-hybridized carbons (Fsp3) is 0. The van der Waals surface area contributed by atoms with Gasteiger partial charge < -0.3 is 0 Å². The van der Waals surface area contributed by atoms with Crippen molar-refractivity contribution in [3.8, 4) is 0 Å². The first-order valence-electron chi connectivity index (χ1n) is 5.43. The van der Waals surface area contributed by atoms with Crippen LogP contribution >= 0.6 is 27.7 Å². The number of nitrogens with zero attached hydrogens (tertiary/aromatic N) is 5. The van der Waals surface area contributed by atoms with Gasteiger partial charge in [0.05, 0.1) is 4.92 Å². The lowest BCUT2D eigenvalue weighted by atomic mass is 10.4. The lowest BCUT2D eigenvalue weighted by Gasteiger charge is -2.01. The SMILES string of the molecule is O=[N+]([O-])c1cc(Br)cnc1Sc1nnc2ccccn12. The number of rotatable bonds is 3. The van der Waals surface area contributed by atoms with Gasteiger partial charge in [-0.1, -0.05) is 6.07 Å². The van der Waals surface area contributed by atoms with E-state index >= 15 is 0 Å². The summed E-state index contributed by atoms with van der Waals surface area (Å²) in [4.78, 5) is 14.7. The average molecular weight is 352 g/mol. The third kappa shape index (κ3) is 2.37. The van der Waals surface area contributed by atoms with Gasteiger partial charge in [0, 0.05) is 22.9 Å². The summed E-state index contributed by atoms with van der Waals surface area (Å²) in [5.74, 6) is 0. The molecule has 0 unspecified atom stereocenters. The standard InChI is InChI=1S/C11H6BrN5O2S/c12-7-5-8(17(18)19)10(13-6-7)20-11-15-14-9-3-1-2-4-16(9)11/h1-6H. The molecule has 3 aromatic heterocycles. The molecule has 9 heteroatoms. The molecule has 0 aliphatic rings. The first-order chi connectivity index (χ1) is 9.65. The Morgan fingerprint density at radius 2 is 2.20 bits per heavy atom. The molecule has 0 aliphatic carbocycles. The van der Waals surface area contributed by atoms with Gasteiger partial charge in [-0.15, -0.1) is 10.2 Å². The fourth-order valence-electron chi connectivity index (χ4n) is 1.60. The second kappa shape index (κ2) is 5.17. The van der Waals surface area contributed by atoms with E-state index in [0.717, 1.165) is 11.8 Å². The van der Waals surface area contributed by atoms with Gasteiger partial charge in [-0.3, -0.25) is 14.5 Å². The zero-order valence-electron chi connectivity index (χ0n) is 9.80. The lowest BCUT2D eigenvalue weighted by molar-refractivity contribution is -0.388. The van der Waals surface area contributed by atoms with Crippen molar-refractivity contribution in [3.63, 3.8) is 0 Å². The highest BCUT2D eigenvalue weighted by molar-refractivity contribution is 9.10. The summed E-state index contributed by atoms with van der Waals surface area (Å²) in [6.45, 7) is 0. The number of hydrogen-bond donors (Lipinski definition) is 0. The molecule has 100 valence electrons. The summed E-state index contributed by atoms with van der Waals surface area (Å²) < 4.78 is 2.30. The Morgan fingerprint density at radius 1 is 1.35 bits per heavy atom. The fourth-order valence-corrected chi connectivity index (χ4v) is 2.77. The van der Waals surface area contributed by atoms with Crippen molar-refractivity contribution in [2.45, 2.75) is 10.2 Å². The lowest BCUT2D eigenvalue weighted by Crippen LogP contribution is -1.95. The summed E-state index contributed by atoms with van der Waals surface area (Å²) in [5, 5.41) is 19.9. The van der Waals surface area contributed by atoms with Crippen molar-refractivity contribution in [3.05, 3.63) is 51.2 Å². The van der Waals surface area contributed by atoms with Crippen LogP contribution in [0.25, 0.3) is 5.65 Å². The van der Waals surface area contributed by atoms with Crippen molar-refractivity contribution in [1.29, 1.82) is 0 Å². The quantitative estimate of drug-likeness (QED) is 0.532. The molecular weight excluding hydrogens is 346 g/mol. The molecule has 0 radical (unpaired) electrons. The second-order valence-corrected chi connectivity index (χ2v) is 5.62. The molecule has 3 heterocycles. The topological polar surface area (TPSA) is 86.2 Å². The van der Waals surface area contributed by atoms with Crippen LogP contribution in [0.1, 0.15) is 0 Å². The molecular formula is C11H6BrN5O2S. The van der Waals surface area contributed by atoms with E-state index in [4.69, 9.17) is 0 Å². The zero-order valence-corrected chi connectivity index (χ0v) is 12.2. The minimum Gasteiger partial charge on any atom is -0.277 e. The number of hydrogen-bond acceptors (Lipinski definition) is 6. The molecule has 0 N–H and O–H groups in total. The third-order valence-electron chi connectivity index (χ3n) is 2.47. The first-order valence-corrected chi connectivity index (χ1v) is 7.03. The predicted octanol–water partition coefficient (Wildman–Crippen LogP) is 2.95. The Bertz CT molecular complexity index is 806. The van der Waals surface area contributed by atoms with E-state index in [9.17, 15) is 10.1 Å². The normalized spacial score (nSPS) is 10.8. The van der Waals surface area contributed by atoms with Crippen LogP contribution in [0.15, 0.2) is 51.3 Å². The summed E-state index contributed by atoms with van der Waals surface area (Å²) >= 11 is 4.28. The van der Waals surface area contributed by atoms with Crippen molar-refractivity contribution >= 4 is 39.0 Å². The van der Waals surface area contributed by atoms with Gasteiger partial charge in [0.2, 0.25) is 5.16 Å². The van der Waals surface area contributed by atoms with E-state index in [1.54, 1.807) is 16.7 Å². The van der Waals surface area contributed by atoms with E-state index in [1.807, 2.05) is 12.1 Å². The van der Waals surface area contributed by atoms with Gasteiger partial charge in [-0.2, -0.15) is 0 Å². The smallest absolute Gasteiger partial charge is 0.277 e. The van der Waals surface area contributed by atoms with E-state index in [1.165, 1.54) is 12.3 Å². The Hall–Kier alpha value is -2.00. The van der Waals surface area contributed by atoms with Crippen LogP contribution in [0.3, 0.4) is 0 Å². The van der Waals surface area contributed by atoms with Crippen LogP contribution < -0.4 is 0 Å². The highest BCUT2D eigenvalue weighted by atomic mass is 79.9. The van der Waals surface area contributed by atoms with Crippen LogP contribution in [0.4, 0.5) is 5.69 Å². The van der Waals surface area contributed by atoms with Gasteiger partial charge in [0.15, 0.2) is 10.7 Å². The van der Waals surface area contributed by atoms with Crippen LogP contribution in [-0.2, 0) is 0 Å². The number of pyridine rings is 2. The molecule has 0 saturated heterocycles. The molecule has 0 amide bonds. The van der Waals surface area contributed by atoms with Gasteiger partial charge in [0.25, 0.3) is 0 Å². The third-order valence-corrected chi connectivity index (χ3v) is 3.87. The van der Waals surface area contributed by atoms with E-state index < -0.39 is 4.92 Å². The van der Waals surface area contributed by atoms with Crippen molar-refractivity contribution in [2.75, 3.05) is 0 Å². The van der Waals surface area contributed by atoms with Gasteiger partial charge in [0.1, 0.15) is 0 Å². The Kier molecular flexibility index (Phi) is 3.36. The van der Waals surface area contributed by atoms with E-state index in [-0.39, 0.29) is 10.7 Å². The predicted molar refractivity (Wildman–Crippen MR) is 75.7 cm³/mol. The molecule has 0 aromatic carbocycles. The molecule has 20 heavy (non-hydrogen) atoms. The second-order valence-electron chi connectivity index (χ2n) is 3.75. The first kappa shape index (κ1) is 13.0. The molecule has 3 rings (SSSR count). The maximum atomic E-state index is 11.1. The van der Waals surface area contributed by atoms with Gasteiger partial charge >= 0.3 is 5.69 Å². The number of aromatic nitrogens is 4. The zero-order chi connectivity index (χ0) is 14.1. The average Bonchev–Trinajstić information content (AvgIpc) is 2.84. The van der Waals surface area contributed by atoms with Crippen molar-refractivity contribution in [1.82, 2.24) is 19.6 Å². The Balaban J connectivity index is 2.05. The van der Waals surface area contributed by atoms with E-state index in [0.29, 0.717) is 15.3 Å². The molecule has 0 fully saturated rings. The van der Waals surface area contributed by atoms with Gasteiger partial charge in [-0.05, 0) is 39.8 Å². The van der Waals surface area contributed by atoms with Crippen LogP contribution in [-0.4, -0.2) is 24.5 Å². The highest BCUT2D eigenvalue weighted by Crippen LogP contribution is 2.33. The minimum atomic E-state index is -0.469. The van der Waals surface area contributed by atoms with Crippen LogP contribution in [0, 0.1) is 10.1 Å². The largest absolute Gasteiger partial charge is 0.302 e. The molecule has 7 nitrogen and oxygen atoms in total. The molecule has 0 spiro atoms. The molecule has 0 bridgehead atoms. The monoisotopic (exact) mass is 351 g/mol. The molecule has 0 saturated carbocycles. The van der Waals surface area contributed by atoms with Gasteiger partial charge in [-0.25, -0.2) is 4.98 Å². The molecule has 0 aliphatic heterocycles. The molecule has 3 aromatic rings. The summed E-state index contributed by atoms with van der Waals surface area (Å²) in [5.41, 5.74) is 0.604. The molecule has 0 atom stereocenters. The summed E-state index contributed by atoms with van der Waals surface area (Å²) in [6.07, 6.45) is 3.31. The minimum absolute atomic E-state index is 0.0722. The Morgan fingerprint density at radius 3 is 3.00 bits per heavy atom. The van der Waals surface area contributed by atoms with E-state index in [2.05, 4.69) is 31.1 Å². The summed E-state index contributed by atoms with van der Waals surface area (Å²) in [6, 6.07) is 6.90. The van der Waals surface area contributed by atoms with Crippen LogP contribution in [0.5, 0.6) is 0 Å². The maximum absolute atomic E-state index is 11.1. The van der Waals surface area contributed by atoms with Crippen molar-refractivity contribution in [2.24, 2.45) is 0 Å². The summed E-state index contributed by atoms with van der Waals surface area (Å²) in [7, 11) is 0.